The summed E-state index contributed by atoms with van der Waals surface area (Å²) in [6, 6.07) is 1.87. The third-order valence-corrected chi connectivity index (χ3v) is 5.30. The van der Waals surface area contributed by atoms with E-state index in [1.165, 1.54) is 25.7 Å². The molecule has 1 aromatic rings. The zero-order valence-corrected chi connectivity index (χ0v) is 13.1. The van der Waals surface area contributed by atoms with Crippen molar-refractivity contribution in [1.82, 2.24) is 9.97 Å². The fourth-order valence-corrected chi connectivity index (χ4v) is 3.64. The van der Waals surface area contributed by atoms with Crippen LogP contribution in [0.3, 0.4) is 0 Å². The average Bonchev–Trinajstić information content (AvgIpc) is 3.31. The lowest BCUT2D eigenvalue weighted by Gasteiger charge is -2.38. The zero-order valence-electron chi connectivity index (χ0n) is 13.1. The number of hydrogen-bond donors (Lipinski definition) is 0. The van der Waals surface area contributed by atoms with Crippen LogP contribution in [0.15, 0.2) is 18.5 Å². The van der Waals surface area contributed by atoms with E-state index in [4.69, 9.17) is 9.47 Å². The summed E-state index contributed by atoms with van der Waals surface area (Å²) in [5, 5.41) is 0. The highest BCUT2D eigenvalue weighted by molar-refractivity contribution is 5.29. The molecule has 120 valence electrons. The summed E-state index contributed by atoms with van der Waals surface area (Å²) in [5.74, 6) is 1.70. The zero-order chi connectivity index (χ0) is 14.8. The van der Waals surface area contributed by atoms with Crippen molar-refractivity contribution >= 4 is 5.95 Å². The first kappa shape index (κ1) is 14.4. The lowest BCUT2D eigenvalue weighted by molar-refractivity contribution is 0.0110. The highest BCUT2D eigenvalue weighted by Gasteiger charge is 2.42. The number of piperidine rings is 1. The largest absolute Gasteiger partial charge is 0.378 e. The van der Waals surface area contributed by atoms with Crippen LogP contribution in [0.1, 0.15) is 32.1 Å². The fraction of sp³-hybridized carbons (Fsp3) is 0.765. The first-order valence-electron chi connectivity index (χ1n) is 8.54. The number of nitrogens with zero attached hydrogens (tertiary/aromatic N) is 3. The maximum Gasteiger partial charge on any atom is 0.225 e. The van der Waals surface area contributed by atoms with E-state index in [9.17, 15) is 0 Å². The summed E-state index contributed by atoms with van der Waals surface area (Å²) >= 11 is 0. The Morgan fingerprint density at radius 1 is 1.18 bits per heavy atom. The van der Waals surface area contributed by atoms with E-state index in [0.29, 0.717) is 11.5 Å². The van der Waals surface area contributed by atoms with Crippen molar-refractivity contribution in [3.05, 3.63) is 18.5 Å². The summed E-state index contributed by atoms with van der Waals surface area (Å²) in [4.78, 5) is 11.0. The van der Waals surface area contributed by atoms with Gasteiger partial charge in [0.05, 0.1) is 19.3 Å². The second-order valence-corrected chi connectivity index (χ2v) is 7.15. The van der Waals surface area contributed by atoms with Gasteiger partial charge in [0.2, 0.25) is 5.95 Å². The Hall–Kier alpha value is -1.20. The van der Waals surface area contributed by atoms with E-state index >= 15 is 0 Å². The van der Waals surface area contributed by atoms with Gasteiger partial charge in [-0.3, -0.25) is 0 Å². The molecule has 1 atom stereocenters. The highest BCUT2D eigenvalue weighted by atomic mass is 16.5. The lowest BCUT2D eigenvalue weighted by atomic mass is 9.77. The van der Waals surface area contributed by atoms with E-state index in [0.717, 1.165) is 51.2 Å². The molecular formula is C17H25N3O2. The minimum absolute atomic E-state index is 0.304. The van der Waals surface area contributed by atoms with E-state index in [1.54, 1.807) is 0 Å². The molecule has 0 N–H and O–H groups in total. The highest BCUT2D eigenvalue weighted by Crippen LogP contribution is 2.42. The van der Waals surface area contributed by atoms with Gasteiger partial charge in [0.1, 0.15) is 0 Å². The topological polar surface area (TPSA) is 47.5 Å². The van der Waals surface area contributed by atoms with Gasteiger partial charge in [-0.15, -0.1) is 0 Å². The molecule has 1 aliphatic carbocycles. The van der Waals surface area contributed by atoms with Crippen LogP contribution in [0.4, 0.5) is 5.95 Å². The number of hydrogen-bond acceptors (Lipinski definition) is 5. The second-order valence-electron chi connectivity index (χ2n) is 7.15. The molecule has 0 radical (unpaired) electrons. The number of rotatable bonds is 5. The minimum Gasteiger partial charge on any atom is -0.378 e. The summed E-state index contributed by atoms with van der Waals surface area (Å²) < 4.78 is 11.8. The molecule has 2 saturated heterocycles. The Bertz CT molecular complexity index is 484. The van der Waals surface area contributed by atoms with Gasteiger partial charge in [0, 0.05) is 32.1 Å². The Kier molecular flexibility index (Phi) is 4.01. The van der Waals surface area contributed by atoms with Crippen molar-refractivity contribution in [2.75, 3.05) is 37.8 Å². The third kappa shape index (κ3) is 3.25. The molecule has 3 fully saturated rings. The van der Waals surface area contributed by atoms with Crippen molar-refractivity contribution in [3.8, 4) is 0 Å². The SMILES string of the molecule is c1cnc(N2CCC3(CC2)CO[C@@H](COCC2CC2)C3)nc1. The van der Waals surface area contributed by atoms with Gasteiger partial charge >= 0.3 is 0 Å². The number of aromatic nitrogens is 2. The predicted molar refractivity (Wildman–Crippen MR) is 83.8 cm³/mol. The molecule has 0 unspecified atom stereocenters. The summed E-state index contributed by atoms with van der Waals surface area (Å²) in [7, 11) is 0. The molecule has 0 amide bonds. The van der Waals surface area contributed by atoms with Crippen molar-refractivity contribution in [3.63, 3.8) is 0 Å². The molecule has 1 aromatic heterocycles. The molecule has 0 aromatic carbocycles. The van der Waals surface area contributed by atoms with E-state index < -0.39 is 0 Å². The fourth-order valence-electron chi connectivity index (χ4n) is 3.64. The van der Waals surface area contributed by atoms with Crippen LogP contribution >= 0.6 is 0 Å². The van der Waals surface area contributed by atoms with Gasteiger partial charge < -0.3 is 14.4 Å². The molecule has 3 heterocycles. The quantitative estimate of drug-likeness (QED) is 0.835. The van der Waals surface area contributed by atoms with Gasteiger partial charge in [0.25, 0.3) is 0 Å². The van der Waals surface area contributed by atoms with Crippen LogP contribution < -0.4 is 4.90 Å². The normalized spacial score (nSPS) is 27.5. The van der Waals surface area contributed by atoms with Crippen molar-refractivity contribution in [1.29, 1.82) is 0 Å². The maximum absolute atomic E-state index is 6.01. The maximum atomic E-state index is 6.01. The molecule has 5 heteroatoms. The standard InChI is InChI=1S/C17H25N3O2/c1-6-18-16(19-7-1)20-8-4-17(5-9-20)10-15(22-13-17)12-21-11-14-2-3-14/h1,6-7,14-15H,2-5,8-13H2/t15-/m1/s1. The Morgan fingerprint density at radius 2 is 1.95 bits per heavy atom. The minimum atomic E-state index is 0.304. The van der Waals surface area contributed by atoms with Crippen LogP contribution in [-0.2, 0) is 9.47 Å². The van der Waals surface area contributed by atoms with Crippen molar-refractivity contribution < 1.29 is 9.47 Å². The number of ether oxygens (including phenoxy) is 2. The summed E-state index contributed by atoms with van der Waals surface area (Å²) in [6.45, 7) is 4.68. The lowest BCUT2D eigenvalue weighted by Crippen LogP contribution is -2.41. The molecule has 3 aliphatic rings. The van der Waals surface area contributed by atoms with E-state index in [-0.39, 0.29) is 0 Å². The van der Waals surface area contributed by atoms with Crippen LogP contribution in [0, 0.1) is 11.3 Å². The molecule has 22 heavy (non-hydrogen) atoms. The smallest absolute Gasteiger partial charge is 0.225 e. The van der Waals surface area contributed by atoms with Gasteiger partial charge in [-0.1, -0.05) is 0 Å². The molecule has 1 spiro atoms. The number of anilines is 1. The monoisotopic (exact) mass is 303 g/mol. The Labute approximate surface area is 132 Å². The molecule has 4 rings (SSSR count). The molecule has 5 nitrogen and oxygen atoms in total. The molecule has 1 saturated carbocycles. The first-order valence-corrected chi connectivity index (χ1v) is 8.54. The molecular weight excluding hydrogens is 278 g/mol. The molecule has 2 aliphatic heterocycles. The van der Waals surface area contributed by atoms with Crippen LogP contribution in [0.25, 0.3) is 0 Å². The Balaban J connectivity index is 1.26. The van der Waals surface area contributed by atoms with Crippen LogP contribution in [0.2, 0.25) is 0 Å². The third-order valence-electron chi connectivity index (χ3n) is 5.30. The van der Waals surface area contributed by atoms with Crippen molar-refractivity contribution in [2.24, 2.45) is 11.3 Å². The van der Waals surface area contributed by atoms with Gasteiger partial charge in [0.15, 0.2) is 0 Å². The Morgan fingerprint density at radius 3 is 2.68 bits per heavy atom. The summed E-state index contributed by atoms with van der Waals surface area (Å²) in [6.07, 6.45) is 10.1. The van der Waals surface area contributed by atoms with Crippen LogP contribution in [0.5, 0.6) is 0 Å². The second kappa shape index (κ2) is 6.13. The predicted octanol–water partition coefficient (Wildman–Crippen LogP) is 2.28. The first-order chi connectivity index (χ1) is 10.8. The van der Waals surface area contributed by atoms with Crippen molar-refractivity contribution in [2.45, 2.75) is 38.2 Å². The van der Waals surface area contributed by atoms with Gasteiger partial charge in [-0.05, 0) is 49.5 Å². The van der Waals surface area contributed by atoms with Gasteiger partial charge in [-0.25, -0.2) is 9.97 Å². The van der Waals surface area contributed by atoms with Crippen LogP contribution in [-0.4, -0.2) is 49.0 Å². The van der Waals surface area contributed by atoms with E-state index in [2.05, 4.69) is 14.9 Å². The van der Waals surface area contributed by atoms with E-state index in [1.807, 2.05) is 18.5 Å². The summed E-state index contributed by atoms with van der Waals surface area (Å²) in [5.41, 5.74) is 0.360. The average molecular weight is 303 g/mol. The van der Waals surface area contributed by atoms with Gasteiger partial charge in [-0.2, -0.15) is 0 Å². The molecule has 0 bridgehead atoms.